The summed E-state index contributed by atoms with van der Waals surface area (Å²) < 4.78 is 6.09. The number of carboxylic acid groups (broad SMARTS) is 1. The van der Waals surface area contributed by atoms with Crippen LogP contribution in [0.4, 0.5) is 0 Å². The number of hydrogen-bond donors (Lipinski definition) is 1. The van der Waals surface area contributed by atoms with Crippen molar-refractivity contribution in [3.63, 3.8) is 0 Å². The molecule has 2 atom stereocenters. The van der Waals surface area contributed by atoms with E-state index in [0.717, 1.165) is 42.6 Å². The molecule has 1 aromatic carbocycles. The molecule has 1 aliphatic carbocycles. The van der Waals surface area contributed by atoms with Crippen LogP contribution < -0.4 is 4.74 Å². The van der Waals surface area contributed by atoms with Crippen molar-refractivity contribution in [1.29, 1.82) is 0 Å². The van der Waals surface area contributed by atoms with E-state index in [1.54, 1.807) is 0 Å². The van der Waals surface area contributed by atoms with Crippen LogP contribution in [0.2, 0.25) is 0 Å². The van der Waals surface area contributed by atoms with Crippen molar-refractivity contribution in [3.05, 3.63) is 28.8 Å². The first-order chi connectivity index (χ1) is 9.00. The maximum absolute atomic E-state index is 11.3. The van der Waals surface area contributed by atoms with Crippen molar-refractivity contribution in [3.8, 4) is 5.75 Å². The summed E-state index contributed by atoms with van der Waals surface area (Å²) in [4.78, 5) is 11.3. The Morgan fingerprint density at radius 1 is 1.16 bits per heavy atom. The first-order valence-corrected chi connectivity index (χ1v) is 6.97. The number of aryl methyl sites for hydroxylation is 2. The number of carboxylic acids is 1. The van der Waals surface area contributed by atoms with Crippen LogP contribution in [0, 0.1) is 26.7 Å². The molecular formula is C16H22O3. The summed E-state index contributed by atoms with van der Waals surface area (Å²) in [7, 11) is 0. The maximum Gasteiger partial charge on any atom is 0.310 e. The molecule has 0 spiro atoms. The van der Waals surface area contributed by atoms with Crippen molar-refractivity contribution in [1.82, 2.24) is 0 Å². The maximum atomic E-state index is 11.3. The normalized spacial score (nSPS) is 23.1. The molecule has 0 radical (unpaired) electrons. The van der Waals surface area contributed by atoms with Gasteiger partial charge in [-0.05, 0) is 56.7 Å². The van der Waals surface area contributed by atoms with Crippen LogP contribution in [0.1, 0.15) is 42.4 Å². The number of benzene rings is 1. The predicted molar refractivity (Wildman–Crippen MR) is 74.7 cm³/mol. The Morgan fingerprint density at radius 2 is 1.79 bits per heavy atom. The van der Waals surface area contributed by atoms with E-state index in [1.807, 2.05) is 19.9 Å². The Kier molecular flexibility index (Phi) is 4.13. The molecule has 1 aliphatic rings. The Balaban J connectivity index is 2.24. The smallest absolute Gasteiger partial charge is 0.310 e. The molecule has 0 aromatic heterocycles. The van der Waals surface area contributed by atoms with Crippen molar-refractivity contribution in [2.45, 2.75) is 52.6 Å². The molecule has 0 bridgehead atoms. The lowest BCUT2D eigenvalue weighted by Crippen LogP contribution is -2.36. The molecule has 104 valence electrons. The van der Waals surface area contributed by atoms with Gasteiger partial charge in [0.1, 0.15) is 11.9 Å². The Morgan fingerprint density at radius 3 is 2.47 bits per heavy atom. The number of rotatable bonds is 3. The van der Waals surface area contributed by atoms with Gasteiger partial charge in [0.15, 0.2) is 0 Å². The van der Waals surface area contributed by atoms with E-state index >= 15 is 0 Å². The predicted octanol–water partition coefficient (Wildman–Crippen LogP) is 3.63. The largest absolute Gasteiger partial charge is 0.489 e. The van der Waals surface area contributed by atoms with Crippen LogP contribution in [-0.2, 0) is 4.79 Å². The SMILES string of the molecule is Cc1ccc(C)c(OC2CCCCC2C(=O)O)c1C. The lowest BCUT2D eigenvalue weighted by atomic mass is 9.86. The third-order valence-electron chi connectivity index (χ3n) is 4.16. The molecule has 0 amide bonds. The van der Waals surface area contributed by atoms with Crippen LogP contribution in [0.3, 0.4) is 0 Å². The average Bonchev–Trinajstić information content (AvgIpc) is 2.39. The lowest BCUT2D eigenvalue weighted by Gasteiger charge is -2.30. The minimum Gasteiger partial charge on any atom is -0.489 e. The van der Waals surface area contributed by atoms with Gasteiger partial charge in [-0.1, -0.05) is 18.6 Å². The van der Waals surface area contributed by atoms with Crippen LogP contribution in [0.25, 0.3) is 0 Å². The van der Waals surface area contributed by atoms with Crippen molar-refractivity contribution in [2.75, 3.05) is 0 Å². The third-order valence-corrected chi connectivity index (χ3v) is 4.16. The molecule has 3 nitrogen and oxygen atoms in total. The molecular weight excluding hydrogens is 240 g/mol. The molecule has 1 aromatic rings. The lowest BCUT2D eigenvalue weighted by molar-refractivity contribution is -0.146. The van der Waals surface area contributed by atoms with Gasteiger partial charge in [-0.15, -0.1) is 0 Å². The summed E-state index contributed by atoms with van der Waals surface area (Å²) in [5.41, 5.74) is 3.39. The molecule has 1 N–H and O–H groups in total. The first kappa shape index (κ1) is 13.9. The highest BCUT2D eigenvalue weighted by atomic mass is 16.5. The average molecular weight is 262 g/mol. The summed E-state index contributed by atoms with van der Waals surface area (Å²) in [6, 6.07) is 4.11. The topological polar surface area (TPSA) is 46.5 Å². The van der Waals surface area contributed by atoms with Gasteiger partial charge < -0.3 is 9.84 Å². The zero-order chi connectivity index (χ0) is 14.0. The van der Waals surface area contributed by atoms with Gasteiger partial charge >= 0.3 is 5.97 Å². The van der Waals surface area contributed by atoms with E-state index in [9.17, 15) is 9.90 Å². The van der Waals surface area contributed by atoms with Gasteiger partial charge in [0, 0.05) is 0 Å². The summed E-state index contributed by atoms with van der Waals surface area (Å²) in [5, 5.41) is 9.30. The van der Waals surface area contributed by atoms with Crippen molar-refractivity contribution >= 4 is 5.97 Å². The zero-order valence-electron chi connectivity index (χ0n) is 11.9. The van der Waals surface area contributed by atoms with E-state index in [2.05, 4.69) is 13.0 Å². The third kappa shape index (κ3) is 2.91. The number of ether oxygens (including phenoxy) is 1. The van der Waals surface area contributed by atoms with E-state index < -0.39 is 5.97 Å². The highest BCUT2D eigenvalue weighted by Gasteiger charge is 2.33. The highest BCUT2D eigenvalue weighted by molar-refractivity contribution is 5.71. The molecule has 1 fully saturated rings. The van der Waals surface area contributed by atoms with Gasteiger partial charge in [-0.2, -0.15) is 0 Å². The van der Waals surface area contributed by atoms with E-state index in [-0.39, 0.29) is 12.0 Å². The van der Waals surface area contributed by atoms with Crippen LogP contribution in [0.5, 0.6) is 5.75 Å². The van der Waals surface area contributed by atoms with Gasteiger partial charge in [-0.3, -0.25) is 4.79 Å². The summed E-state index contributed by atoms with van der Waals surface area (Å²) in [5.74, 6) is -0.223. The molecule has 3 heteroatoms. The number of hydrogen-bond acceptors (Lipinski definition) is 2. The monoisotopic (exact) mass is 262 g/mol. The first-order valence-electron chi connectivity index (χ1n) is 6.97. The minimum atomic E-state index is -0.729. The second-order valence-corrected chi connectivity index (χ2v) is 5.54. The summed E-state index contributed by atoms with van der Waals surface area (Å²) in [6.45, 7) is 6.10. The van der Waals surface area contributed by atoms with Crippen LogP contribution in [-0.4, -0.2) is 17.2 Å². The summed E-state index contributed by atoms with van der Waals surface area (Å²) in [6.07, 6.45) is 3.42. The molecule has 0 aliphatic heterocycles. The molecule has 19 heavy (non-hydrogen) atoms. The molecule has 2 unspecified atom stereocenters. The fourth-order valence-electron chi connectivity index (χ4n) is 2.78. The zero-order valence-corrected chi connectivity index (χ0v) is 11.9. The second-order valence-electron chi connectivity index (χ2n) is 5.54. The van der Waals surface area contributed by atoms with Crippen molar-refractivity contribution in [2.24, 2.45) is 5.92 Å². The minimum absolute atomic E-state index is 0.189. The standard InChI is InChI=1S/C16H22O3/c1-10-8-9-11(2)15(12(10)3)19-14-7-5-4-6-13(14)16(17)18/h8-9,13-14H,4-7H2,1-3H3,(H,17,18). The highest BCUT2D eigenvalue weighted by Crippen LogP contribution is 2.33. The molecule has 1 saturated carbocycles. The van der Waals surface area contributed by atoms with Crippen molar-refractivity contribution < 1.29 is 14.6 Å². The van der Waals surface area contributed by atoms with Gasteiger partial charge in [0.2, 0.25) is 0 Å². The van der Waals surface area contributed by atoms with Gasteiger partial charge in [0.05, 0.1) is 5.92 Å². The Hall–Kier alpha value is -1.51. The number of carbonyl (C=O) groups is 1. The molecule has 2 rings (SSSR count). The van der Waals surface area contributed by atoms with Crippen LogP contribution in [0.15, 0.2) is 12.1 Å². The Bertz CT molecular complexity index is 479. The van der Waals surface area contributed by atoms with Gasteiger partial charge in [0.25, 0.3) is 0 Å². The van der Waals surface area contributed by atoms with Crippen LogP contribution >= 0.6 is 0 Å². The fourth-order valence-corrected chi connectivity index (χ4v) is 2.78. The quantitative estimate of drug-likeness (QED) is 0.904. The molecule has 0 heterocycles. The number of aliphatic carboxylic acids is 1. The summed E-state index contributed by atoms with van der Waals surface area (Å²) >= 11 is 0. The second kappa shape index (κ2) is 5.64. The fraction of sp³-hybridized carbons (Fsp3) is 0.562. The van der Waals surface area contributed by atoms with Gasteiger partial charge in [-0.25, -0.2) is 0 Å². The van der Waals surface area contributed by atoms with E-state index in [0.29, 0.717) is 0 Å². The molecule has 0 saturated heterocycles. The van der Waals surface area contributed by atoms with E-state index in [1.165, 1.54) is 5.56 Å². The Labute approximate surface area is 114 Å². The van der Waals surface area contributed by atoms with E-state index in [4.69, 9.17) is 4.74 Å².